The average molecular weight is 349 g/mol. The summed E-state index contributed by atoms with van der Waals surface area (Å²) < 4.78 is 5.84. The predicted molar refractivity (Wildman–Crippen MR) is 92.1 cm³/mol. The van der Waals surface area contributed by atoms with Gasteiger partial charge in [-0.1, -0.05) is 23.9 Å². The van der Waals surface area contributed by atoms with E-state index in [4.69, 9.17) is 9.68 Å². The standard InChI is InChI=1S/C16H11N7OS/c17-7-10-2-1-3-11(6-10)13-4-5-14(24-13)15-19-16(22-21-15)25-9-12-8-18-23-20-12/h1-6H,8-9H2,(H,19,21,22). The first kappa shape index (κ1) is 15.3. The highest BCUT2D eigenvalue weighted by Crippen LogP contribution is 2.28. The highest BCUT2D eigenvalue weighted by Gasteiger charge is 2.13. The fraction of sp³-hybridized carbons (Fsp3) is 0.125. The number of aromatic amines is 1. The number of thioether (sulfide) groups is 1. The minimum Gasteiger partial charge on any atom is -0.453 e. The number of aromatic nitrogens is 3. The molecule has 9 heteroatoms. The molecule has 0 saturated carbocycles. The number of hydrogen-bond acceptors (Lipinski definition) is 8. The molecule has 1 aliphatic rings. The average Bonchev–Trinajstić information content (AvgIpc) is 3.41. The van der Waals surface area contributed by atoms with E-state index in [-0.39, 0.29) is 0 Å². The Balaban J connectivity index is 1.49. The van der Waals surface area contributed by atoms with Gasteiger partial charge in [0, 0.05) is 11.3 Å². The Morgan fingerprint density at radius 2 is 2.16 bits per heavy atom. The van der Waals surface area contributed by atoms with E-state index in [2.05, 4.69) is 36.7 Å². The summed E-state index contributed by atoms with van der Waals surface area (Å²) >= 11 is 1.46. The summed E-state index contributed by atoms with van der Waals surface area (Å²) in [6.45, 7) is 0.535. The van der Waals surface area contributed by atoms with Crippen LogP contribution in [0.25, 0.3) is 22.9 Å². The molecule has 0 amide bonds. The Hall–Kier alpha value is -3.25. The van der Waals surface area contributed by atoms with Crippen LogP contribution >= 0.6 is 11.8 Å². The third-order valence-electron chi connectivity index (χ3n) is 3.45. The number of nitrogens with zero attached hydrogens (tertiary/aromatic N) is 6. The van der Waals surface area contributed by atoms with Crippen LogP contribution in [-0.4, -0.2) is 33.2 Å². The molecule has 0 aliphatic carbocycles. The van der Waals surface area contributed by atoms with Gasteiger partial charge < -0.3 is 4.42 Å². The first-order chi connectivity index (χ1) is 12.3. The maximum Gasteiger partial charge on any atom is 0.209 e. The molecule has 1 aromatic carbocycles. The molecule has 0 radical (unpaired) electrons. The molecule has 3 aromatic rings. The Bertz CT molecular complexity index is 1010. The van der Waals surface area contributed by atoms with Gasteiger partial charge in [-0.2, -0.15) is 15.4 Å². The Morgan fingerprint density at radius 1 is 1.24 bits per heavy atom. The fourth-order valence-corrected chi connectivity index (χ4v) is 2.96. The van der Waals surface area contributed by atoms with Gasteiger partial charge in [-0.3, -0.25) is 5.10 Å². The van der Waals surface area contributed by atoms with Crippen LogP contribution in [-0.2, 0) is 0 Å². The Morgan fingerprint density at radius 3 is 3.00 bits per heavy atom. The number of benzene rings is 1. The zero-order valence-electron chi connectivity index (χ0n) is 12.9. The molecule has 25 heavy (non-hydrogen) atoms. The highest BCUT2D eigenvalue weighted by molar-refractivity contribution is 7.99. The highest BCUT2D eigenvalue weighted by atomic mass is 32.2. The first-order valence-corrected chi connectivity index (χ1v) is 8.38. The zero-order chi connectivity index (χ0) is 17.1. The molecule has 1 aliphatic heterocycles. The molecule has 1 N–H and O–H groups in total. The number of rotatable bonds is 5. The second-order valence-electron chi connectivity index (χ2n) is 5.17. The summed E-state index contributed by atoms with van der Waals surface area (Å²) in [5.41, 5.74) is 2.32. The maximum absolute atomic E-state index is 9.00. The Kier molecular flexibility index (Phi) is 4.10. The van der Waals surface area contributed by atoms with Crippen LogP contribution in [0.4, 0.5) is 0 Å². The third-order valence-corrected chi connectivity index (χ3v) is 4.37. The van der Waals surface area contributed by atoms with Crippen molar-refractivity contribution in [1.29, 1.82) is 5.26 Å². The van der Waals surface area contributed by atoms with E-state index in [1.807, 2.05) is 24.3 Å². The van der Waals surface area contributed by atoms with Crippen LogP contribution in [0, 0.1) is 11.3 Å². The van der Waals surface area contributed by atoms with E-state index in [0.29, 0.717) is 40.4 Å². The van der Waals surface area contributed by atoms with Crippen molar-refractivity contribution in [1.82, 2.24) is 15.2 Å². The molecule has 0 unspecified atom stereocenters. The number of nitriles is 1. The van der Waals surface area contributed by atoms with Crippen molar-refractivity contribution >= 4 is 17.5 Å². The van der Waals surface area contributed by atoms with Crippen LogP contribution in [0.3, 0.4) is 0 Å². The number of H-pyrrole nitrogens is 1. The molecule has 2 aromatic heterocycles. The van der Waals surface area contributed by atoms with Crippen molar-refractivity contribution in [2.24, 2.45) is 15.4 Å². The van der Waals surface area contributed by atoms with Crippen LogP contribution < -0.4 is 0 Å². The van der Waals surface area contributed by atoms with Gasteiger partial charge in [-0.05, 0) is 29.5 Å². The van der Waals surface area contributed by atoms with Crippen molar-refractivity contribution in [3.05, 3.63) is 42.0 Å². The van der Waals surface area contributed by atoms with Crippen molar-refractivity contribution < 1.29 is 4.42 Å². The molecule has 0 fully saturated rings. The molecule has 0 bridgehead atoms. The van der Waals surface area contributed by atoms with Crippen LogP contribution in [0.1, 0.15) is 5.56 Å². The van der Waals surface area contributed by atoms with Gasteiger partial charge in [-0.25, -0.2) is 0 Å². The second-order valence-corrected chi connectivity index (χ2v) is 6.11. The molecule has 4 rings (SSSR count). The Labute approximate surface area is 146 Å². The van der Waals surface area contributed by atoms with E-state index in [1.165, 1.54) is 11.8 Å². The lowest BCUT2D eigenvalue weighted by atomic mass is 10.1. The molecule has 0 spiro atoms. The number of nitrogens with one attached hydrogen (secondary N) is 1. The van der Waals surface area contributed by atoms with E-state index in [9.17, 15) is 0 Å². The summed E-state index contributed by atoms with van der Waals surface area (Å²) in [6, 6.07) is 13.0. The summed E-state index contributed by atoms with van der Waals surface area (Å²) in [4.78, 5) is 4.42. The van der Waals surface area contributed by atoms with Gasteiger partial charge in [0.2, 0.25) is 5.16 Å². The minimum absolute atomic E-state index is 0.535. The van der Waals surface area contributed by atoms with Gasteiger partial charge in [0.05, 0.1) is 17.3 Å². The monoisotopic (exact) mass is 349 g/mol. The SMILES string of the molecule is N#Cc1cccc(-c2ccc(-c3nc(SCC4=NN=NC4)n[nH]3)o2)c1. The summed E-state index contributed by atoms with van der Waals surface area (Å²) in [7, 11) is 0. The van der Waals surface area contributed by atoms with Crippen molar-refractivity contribution in [3.63, 3.8) is 0 Å². The predicted octanol–water partition coefficient (Wildman–Crippen LogP) is 3.52. The zero-order valence-corrected chi connectivity index (χ0v) is 13.7. The van der Waals surface area contributed by atoms with Crippen LogP contribution in [0.5, 0.6) is 0 Å². The van der Waals surface area contributed by atoms with Gasteiger partial charge in [-0.15, -0.1) is 10.2 Å². The second kappa shape index (κ2) is 6.70. The summed E-state index contributed by atoms with van der Waals surface area (Å²) in [5, 5.41) is 27.9. The van der Waals surface area contributed by atoms with E-state index < -0.39 is 0 Å². The lowest BCUT2D eigenvalue weighted by molar-refractivity contribution is 0.592. The molecule has 122 valence electrons. The maximum atomic E-state index is 9.00. The largest absolute Gasteiger partial charge is 0.453 e. The molecule has 3 heterocycles. The topological polar surface area (TPSA) is 116 Å². The van der Waals surface area contributed by atoms with Gasteiger partial charge in [0.15, 0.2) is 11.6 Å². The molecular formula is C16H11N7OS. The minimum atomic E-state index is 0.535. The molecule has 8 nitrogen and oxygen atoms in total. The van der Waals surface area contributed by atoms with Crippen molar-refractivity contribution in [2.45, 2.75) is 5.16 Å². The van der Waals surface area contributed by atoms with Crippen LogP contribution in [0.15, 0.2) is 61.4 Å². The van der Waals surface area contributed by atoms with Crippen molar-refractivity contribution in [3.8, 4) is 29.0 Å². The van der Waals surface area contributed by atoms with Crippen molar-refractivity contribution in [2.75, 3.05) is 12.3 Å². The van der Waals surface area contributed by atoms with Gasteiger partial charge in [0.25, 0.3) is 0 Å². The first-order valence-electron chi connectivity index (χ1n) is 7.40. The molecule has 0 saturated heterocycles. The van der Waals surface area contributed by atoms with Gasteiger partial charge in [0.1, 0.15) is 12.3 Å². The lowest BCUT2D eigenvalue weighted by Gasteiger charge is -1.97. The van der Waals surface area contributed by atoms with Crippen LogP contribution in [0.2, 0.25) is 0 Å². The quantitative estimate of drug-likeness (QED) is 0.708. The van der Waals surface area contributed by atoms with E-state index in [0.717, 1.165) is 11.3 Å². The van der Waals surface area contributed by atoms with E-state index >= 15 is 0 Å². The fourth-order valence-electron chi connectivity index (χ4n) is 2.25. The molecular weight excluding hydrogens is 338 g/mol. The lowest BCUT2D eigenvalue weighted by Crippen LogP contribution is -2.02. The third kappa shape index (κ3) is 3.34. The molecule has 0 atom stereocenters. The summed E-state index contributed by atoms with van der Waals surface area (Å²) in [6.07, 6.45) is 0. The normalized spacial score (nSPS) is 13.0. The van der Waals surface area contributed by atoms with Gasteiger partial charge >= 0.3 is 0 Å². The number of furan rings is 1. The summed E-state index contributed by atoms with van der Waals surface area (Å²) in [5.74, 6) is 2.45. The number of hydrogen-bond donors (Lipinski definition) is 1. The van der Waals surface area contributed by atoms with E-state index in [1.54, 1.807) is 12.1 Å². The smallest absolute Gasteiger partial charge is 0.209 e.